The van der Waals surface area contributed by atoms with Crippen LogP contribution in [0.3, 0.4) is 0 Å². The van der Waals surface area contributed by atoms with Gasteiger partial charge in [0.1, 0.15) is 5.75 Å². The molecule has 0 saturated heterocycles. The van der Waals surface area contributed by atoms with Crippen LogP contribution in [0.2, 0.25) is 0 Å². The van der Waals surface area contributed by atoms with Crippen molar-refractivity contribution in [3.63, 3.8) is 0 Å². The first-order valence-corrected chi connectivity index (χ1v) is 7.51. The molecule has 0 aliphatic heterocycles. The van der Waals surface area contributed by atoms with E-state index in [4.69, 9.17) is 0 Å². The maximum absolute atomic E-state index is 10.1. The van der Waals surface area contributed by atoms with Gasteiger partial charge in [-0.25, -0.2) is 0 Å². The van der Waals surface area contributed by atoms with Gasteiger partial charge in [-0.1, -0.05) is 44.2 Å². The molecule has 20 heavy (non-hydrogen) atoms. The van der Waals surface area contributed by atoms with Crippen molar-refractivity contribution in [3.8, 4) is 5.75 Å². The number of fused-ring (bicyclic) bond motifs is 1. The highest BCUT2D eigenvalue weighted by atomic mass is 16.3. The summed E-state index contributed by atoms with van der Waals surface area (Å²) >= 11 is 0. The van der Waals surface area contributed by atoms with Crippen molar-refractivity contribution in [2.75, 3.05) is 0 Å². The van der Waals surface area contributed by atoms with E-state index >= 15 is 0 Å². The number of hydrogen-bond donors (Lipinski definition) is 2. The lowest BCUT2D eigenvalue weighted by atomic mass is 10.0. The number of aromatic hydroxyl groups is 1. The molecule has 108 valence electrons. The first-order valence-electron chi connectivity index (χ1n) is 7.51. The highest BCUT2D eigenvalue weighted by molar-refractivity contribution is 5.87. The van der Waals surface area contributed by atoms with E-state index in [1.807, 2.05) is 18.2 Å². The van der Waals surface area contributed by atoms with Crippen molar-refractivity contribution in [1.29, 1.82) is 0 Å². The molecule has 2 rings (SSSR count). The fourth-order valence-corrected chi connectivity index (χ4v) is 2.47. The van der Waals surface area contributed by atoms with Gasteiger partial charge in [0.05, 0.1) is 0 Å². The van der Waals surface area contributed by atoms with Crippen LogP contribution in [0.4, 0.5) is 0 Å². The highest BCUT2D eigenvalue weighted by Crippen LogP contribution is 2.27. The van der Waals surface area contributed by atoms with Gasteiger partial charge in [0, 0.05) is 18.2 Å². The van der Waals surface area contributed by atoms with Crippen LogP contribution in [0.5, 0.6) is 5.75 Å². The maximum atomic E-state index is 10.1. The number of benzene rings is 2. The van der Waals surface area contributed by atoms with E-state index in [0.29, 0.717) is 18.3 Å². The normalized spacial score (nSPS) is 13.0. The summed E-state index contributed by atoms with van der Waals surface area (Å²) in [7, 11) is 0. The summed E-state index contributed by atoms with van der Waals surface area (Å²) in [6.07, 6.45) is 2.40. The quantitative estimate of drug-likeness (QED) is 0.813. The van der Waals surface area contributed by atoms with E-state index < -0.39 is 0 Å². The molecular weight excluding hydrogens is 246 g/mol. The zero-order chi connectivity index (χ0) is 14.5. The second kappa shape index (κ2) is 6.76. The minimum atomic E-state index is 0.382. The van der Waals surface area contributed by atoms with Gasteiger partial charge in [-0.15, -0.1) is 0 Å². The molecule has 1 atom stereocenters. The fraction of sp³-hybridized carbons (Fsp3) is 0.444. The van der Waals surface area contributed by atoms with Crippen LogP contribution in [0.15, 0.2) is 36.4 Å². The molecule has 0 fully saturated rings. The Balaban J connectivity index is 2.07. The summed E-state index contributed by atoms with van der Waals surface area (Å²) in [6.45, 7) is 7.43. The first-order chi connectivity index (χ1) is 9.58. The van der Waals surface area contributed by atoms with Crippen molar-refractivity contribution in [3.05, 3.63) is 42.0 Å². The van der Waals surface area contributed by atoms with Crippen molar-refractivity contribution in [2.45, 2.75) is 46.2 Å². The molecule has 0 saturated carbocycles. The van der Waals surface area contributed by atoms with E-state index in [1.165, 1.54) is 18.2 Å². The van der Waals surface area contributed by atoms with E-state index in [1.54, 1.807) is 6.07 Å². The highest BCUT2D eigenvalue weighted by Gasteiger charge is 2.09. The Hall–Kier alpha value is -1.54. The van der Waals surface area contributed by atoms with Crippen LogP contribution in [0.1, 0.15) is 39.2 Å². The molecule has 2 N–H and O–H groups in total. The Morgan fingerprint density at radius 1 is 1.00 bits per heavy atom. The summed E-state index contributed by atoms with van der Waals surface area (Å²) < 4.78 is 0. The SMILES string of the molecule is CC(C)CCC(C)NCc1c(O)ccc2ccccc12. The van der Waals surface area contributed by atoms with E-state index in [0.717, 1.165) is 16.9 Å². The standard InChI is InChI=1S/C18H25NO/c1-13(2)8-9-14(3)19-12-17-16-7-5-4-6-15(16)10-11-18(17)20/h4-7,10-11,13-14,19-20H,8-9,12H2,1-3H3. The molecule has 0 amide bonds. The van der Waals surface area contributed by atoms with Crippen molar-refractivity contribution in [2.24, 2.45) is 5.92 Å². The third kappa shape index (κ3) is 3.73. The van der Waals surface area contributed by atoms with Gasteiger partial charge in [-0.05, 0) is 42.5 Å². The van der Waals surface area contributed by atoms with Gasteiger partial charge < -0.3 is 10.4 Å². The fourth-order valence-electron chi connectivity index (χ4n) is 2.47. The predicted octanol–water partition coefficient (Wildman–Crippen LogP) is 4.46. The van der Waals surface area contributed by atoms with Gasteiger partial charge in [0.15, 0.2) is 0 Å². The lowest BCUT2D eigenvalue weighted by Crippen LogP contribution is -2.25. The van der Waals surface area contributed by atoms with E-state index in [2.05, 4.69) is 38.2 Å². The van der Waals surface area contributed by atoms with Crippen LogP contribution in [-0.4, -0.2) is 11.1 Å². The Bertz CT molecular complexity index is 562. The molecule has 0 heterocycles. The predicted molar refractivity (Wildman–Crippen MR) is 86.0 cm³/mol. The molecule has 0 radical (unpaired) electrons. The molecule has 0 aliphatic rings. The van der Waals surface area contributed by atoms with Crippen LogP contribution in [0, 0.1) is 5.92 Å². The zero-order valence-electron chi connectivity index (χ0n) is 12.7. The summed E-state index contributed by atoms with van der Waals surface area (Å²) in [5, 5.41) is 15.9. The van der Waals surface area contributed by atoms with Gasteiger partial charge in [-0.2, -0.15) is 0 Å². The summed E-state index contributed by atoms with van der Waals surface area (Å²) in [4.78, 5) is 0. The Morgan fingerprint density at radius 2 is 1.75 bits per heavy atom. The average molecular weight is 271 g/mol. The molecule has 0 aliphatic carbocycles. The van der Waals surface area contributed by atoms with Gasteiger partial charge in [0.25, 0.3) is 0 Å². The molecule has 0 spiro atoms. The van der Waals surface area contributed by atoms with Gasteiger partial charge in [-0.3, -0.25) is 0 Å². The molecule has 2 nitrogen and oxygen atoms in total. The molecule has 2 aromatic carbocycles. The molecule has 0 aromatic heterocycles. The van der Waals surface area contributed by atoms with Crippen LogP contribution < -0.4 is 5.32 Å². The maximum Gasteiger partial charge on any atom is 0.120 e. The largest absolute Gasteiger partial charge is 0.508 e. The molecular formula is C18H25NO. The monoisotopic (exact) mass is 271 g/mol. The zero-order valence-corrected chi connectivity index (χ0v) is 12.7. The third-order valence-corrected chi connectivity index (χ3v) is 3.82. The number of phenols is 1. The van der Waals surface area contributed by atoms with Gasteiger partial charge in [0.2, 0.25) is 0 Å². The number of rotatable bonds is 6. The van der Waals surface area contributed by atoms with Crippen LogP contribution in [-0.2, 0) is 6.54 Å². The van der Waals surface area contributed by atoms with E-state index in [-0.39, 0.29) is 0 Å². The summed E-state index contributed by atoms with van der Waals surface area (Å²) in [5.41, 5.74) is 1.000. The lowest BCUT2D eigenvalue weighted by molar-refractivity contribution is 0.437. The Kier molecular flexibility index (Phi) is 5.02. The lowest BCUT2D eigenvalue weighted by Gasteiger charge is -2.16. The number of phenolic OH excluding ortho intramolecular Hbond substituents is 1. The molecule has 1 unspecified atom stereocenters. The minimum absolute atomic E-state index is 0.382. The van der Waals surface area contributed by atoms with E-state index in [9.17, 15) is 5.11 Å². The van der Waals surface area contributed by atoms with Crippen molar-refractivity contribution in [1.82, 2.24) is 5.32 Å². The van der Waals surface area contributed by atoms with Crippen molar-refractivity contribution < 1.29 is 5.11 Å². The van der Waals surface area contributed by atoms with Crippen LogP contribution in [0.25, 0.3) is 10.8 Å². The van der Waals surface area contributed by atoms with Crippen molar-refractivity contribution >= 4 is 10.8 Å². The molecule has 0 bridgehead atoms. The Morgan fingerprint density at radius 3 is 2.50 bits per heavy atom. The van der Waals surface area contributed by atoms with Gasteiger partial charge >= 0.3 is 0 Å². The minimum Gasteiger partial charge on any atom is -0.508 e. The first kappa shape index (κ1) is 14.9. The Labute approximate surface area is 121 Å². The second-order valence-corrected chi connectivity index (χ2v) is 6.04. The number of hydrogen-bond acceptors (Lipinski definition) is 2. The molecule has 2 aromatic rings. The third-order valence-electron chi connectivity index (χ3n) is 3.82. The summed E-state index contributed by atoms with van der Waals surface area (Å²) in [6, 6.07) is 12.4. The average Bonchev–Trinajstić information content (AvgIpc) is 2.44. The summed E-state index contributed by atoms with van der Waals surface area (Å²) in [5.74, 6) is 1.12. The number of nitrogens with one attached hydrogen (secondary N) is 1. The second-order valence-electron chi connectivity index (χ2n) is 6.04. The smallest absolute Gasteiger partial charge is 0.120 e. The topological polar surface area (TPSA) is 32.3 Å². The van der Waals surface area contributed by atoms with Crippen LogP contribution >= 0.6 is 0 Å². The molecule has 2 heteroatoms.